The van der Waals surface area contributed by atoms with Crippen LogP contribution in [-0.2, 0) is 25.7 Å². The van der Waals surface area contributed by atoms with Gasteiger partial charge in [0.05, 0.1) is 15.4 Å². The Morgan fingerprint density at radius 1 is 1.04 bits per heavy atom. The number of carbonyl (C=O) groups is 2. The van der Waals surface area contributed by atoms with E-state index in [4.69, 9.17) is 4.74 Å². The van der Waals surface area contributed by atoms with Gasteiger partial charge < -0.3 is 9.47 Å². The van der Waals surface area contributed by atoms with Crippen LogP contribution in [0, 0.1) is 20.2 Å². The SMILES string of the molecule is O=COC(C(=O)OCc1ccc([N+](=O)[O-])cc1)c1ccccc1[N+](=O)[O-]. The summed E-state index contributed by atoms with van der Waals surface area (Å²) in [5.41, 5.74) is -0.191. The number of carbonyl (C=O) groups excluding carboxylic acids is 2. The molecule has 10 nitrogen and oxygen atoms in total. The van der Waals surface area contributed by atoms with Gasteiger partial charge >= 0.3 is 5.97 Å². The smallest absolute Gasteiger partial charge is 0.352 e. The predicted molar refractivity (Wildman–Crippen MR) is 85.9 cm³/mol. The van der Waals surface area contributed by atoms with Crippen molar-refractivity contribution in [2.75, 3.05) is 0 Å². The molecule has 0 saturated heterocycles. The molecule has 1 atom stereocenters. The number of rotatable bonds is 8. The van der Waals surface area contributed by atoms with Crippen molar-refractivity contribution < 1.29 is 28.9 Å². The third kappa shape index (κ3) is 4.38. The van der Waals surface area contributed by atoms with Crippen LogP contribution < -0.4 is 0 Å². The fourth-order valence-electron chi connectivity index (χ4n) is 2.13. The van der Waals surface area contributed by atoms with Crippen LogP contribution in [0.1, 0.15) is 17.2 Å². The molecule has 0 heterocycles. The molecule has 0 amide bonds. The second-order valence-electron chi connectivity index (χ2n) is 4.96. The lowest BCUT2D eigenvalue weighted by atomic mass is 10.1. The topological polar surface area (TPSA) is 139 Å². The van der Waals surface area contributed by atoms with Crippen molar-refractivity contribution in [1.29, 1.82) is 0 Å². The highest BCUT2D eigenvalue weighted by atomic mass is 16.6. The van der Waals surface area contributed by atoms with Crippen molar-refractivity contribution >= 4 is 23.8 Å². The van der Waals surface area contributed by atoms with Crippen LogP contribution in [0.3, 0.4) is 0 Å². The Balaban J connectivity index is 2.15. The van der Waals surface area contributed by atoms with E-state index in [0.29, 0.717) is 5.56 Å². The maximum Gasteiger partial charge on any atom is 0.352 e. The molecule has 10 heteroatoms. The van der Waals surface area contributed by atoms with E-state index in [2.05, 4.69) is 4.74 Å². The second-order valence-corrected chi connectivity index (χ2v) is 4.96. The lowest BCUT2D eigenvalue weighted by molar-refractivity contribution is -0.386. The molecule has 2 aromatic rings. The van der Waals surface area contributed by atoms with Crippen molar-refractivity contribution in [3.63, 3.8) is 0 Å². The molecule has 134 valence electrons. The summed E-state index contributed by atoms with van der Waals surface area (Å²) in [6.07, 6.45) is -1.60. The van der Waals surface area contributed by atoms with Crippen molar-refractivity contribution in [1.82, 2.24) is 0 Å². The van der Waals surface area contributed by atoms with Crippen molar-refractivity contribution in [3.05, 3.63) is 79.9 Å². The van der Waals surface area contributed by atoms with Crippen LogP contribution >= 0.6 is 0 Å². The molecule has 0 aliphatic rings. The van der Waals surface area contributed by atoms with E-state index in [-0.39, 0.29) is 24.3 Å². The average Bonchev–Trinajstić information content (AvgIpc) is 2.64. The summed E-state index contributed by atoms with van der Waals surface area (Å²) in [5.74, 6) is -1.01. The molecular weight excluding hydrogens is 348 g/mol. The van der Waals surface area contributed by atoms with E-state index < -0.39 is 27.6 Å². The molecule has 1 unspecified atom stereocenters. The molecule has 0 aliphatic carbocycles. The molecule has 0 saturated carbocycles. The summed E-state index contributed by atoms with van der Waals surface area (Å²) in [5, 5.41) is 21.7. The van der Waals surface area contributed by atoms with Crippen LogP contribution in [0.5, 0.6) is 0 Å². The Hall–Kier alpha value is -3.82. The Labute approximate surface area is 146 Å². The number of nitro groups is 2. The molecular formula is C16H12N2O8. The highest BCUT2D eigenvalue weighted by Crippen LogP contribution is 2.28. The molecule has 0 N–H and O–H groups in total. The first-order valence-corrected chi connectivity index (χ1v) is 7.16. The normalized spacial score (nSPS) is 11.2. The lowest BCUT2D eigenvalue weighted by Crippen LogP contribution is -2.19. The number of nitrogens with zero attached hydrogens (tertiary/aromatic N) is 2. The highest BCUT2D eigenvalue weighted by Gasteiger charge is 2.30. The molecule has 0 radical (unpaired) electrons. The molecule has 0 spiro atoms. The minimum atomic E-state index is -1.60. The zero-order chi connectivity index (χ0) is 19.1. The van der Waals surface area contributed by atoms with Crippen LogP contribution in [0.25, 0.3) is 0 Å². The Morgan fingerprint density at radius 2 is 1.69 bits per heavy atom. The van der Waals surface area contributed by atoms with Gasteiger partial charge in [0.15, 0.2) is 0 Å². The zero-order valence-corrected chi connectivity index (χ0v) is 13.1. The van der Waals surface area contributed by atoms with Gasteiger partial charge in [-0.1, -0.05) is 12.1 Å². The standard InChI is InChI=1S/C16H12N2O8/c19-10-26-15(13-3-1-2-4-14(13)18(23)24)16(20)25-9-11-5-7-12(8-6-11)17(21)22/h1-8,10,15H,9H2. The van der Waals surface area contributed by atoms with Crippen LogP contribution in [0.2, 0.25) is 0 Å². The summed E-state index contributed by atoms with van der Waals surface area (Å²) in [6.45, 7) is -0.259. The van der Waals surface area contributed by atoms with Gasteiger partial charge in [-0.15, -0.1) is 0 Å². The van der Waals surface area contributed by atoms with Gasteiger partial charge in [-0.2, -0.15) is 0 Å². The number of ether oxygens (including phenoxy) is 2. The summed E-state index contributed by atoms with van der Waals surface area (Å²) < 4.78 is 9.69. The summed E-state index contributed by atoms with van der Waals surface area (Å²) in [7, 11) is 0. The fourth-order valence-corrected chi connectivity index (χ4v) is 2.13. The Kier molecular flexibility index (Phi) is 5.93. The number of benzene rings is 2. The van der Waals surface area contributed by atoms with E-state index >= 15 is 0 Å². The first kappa shape index (κ1) is 18.5. The van der Waals surface area contributed by atoms with Gasteiger partial charge in [-0.05, 0) is 23.8 Å². The van der Waals surface area contributed by atoms with Crippen LogP contribution in [-0.4, -0.2) is 22.3 Å². The Bertz CT molecular complexity index is 834. The number of para-hydroxylation sites is 1. The number of nitro benzene ring substituents is 2. The first-order chi connectivity index (χ1) is 12.4. The fraction of sp³-hybridized carbons (Fsp3) is 0.125. The molecule has 2 aromatic carbocycles. The van der Waals surface area contributed by atoms with Crippen molar-refractivity contribution in [3.8, 4) is 0 Å². The van der Waals surface area contributed by atoms with Crippen LogP contribution in [0.15, 0.2) is 48.5 Å². The van der Waals surface area contributed by atoms with E-state index in [9.17, 15) is 29.8 Å². The zero-order valence-electron chi connectivity index (χ0n) is 13.1. The van der Waals surface area contributed by atoms with E-state index in [1.165, 1.54) is 48.5 Å². The van der Waals surface area contributed by atoms with Gasteiger partial charge in [0.25, 0.3) is 17.8 Å². The van der Waals surface area contributed by atoms with Crippen LogP contribution in [0.4, 0.5) is 11.4 Å². The summed E-state index contributed by atoms with van der Waals surface area (Å²) in [6, 6.07) is 10.6. The monoisotopic (exact) mass is 360 g/mol. The molecule has 0 bridgehead atoms. The molecule has 0 fully saturated rings. The van der Waals surface area contributed by atoms with E-state index in [1.54, 1.807) is 0 Å². The second kappa shape index (κ2) is 8.33. The lowest BCUT2D eigenvalue weighted by Gasteiger charge is -2.14. The van der Waals surface area contributed by atoms with Gasteiger partial charge in [-0.25, -0.2) is 4.79 Å². The Morgan fingerprint density at radius 3 is 2.27 bits per heavy atom. The van der Waals surface area contributed by atoms with E-state index in [0.717, 1.165) is 0 Å². The van der Waals surface area contributed by atoms with Crippen molar-refractivity contribution in [2.24, 2.45) is 0 Å². The molecule has 0 aromatic heterocycles. The molecule has 2 rings (SSSR count). The third-order valence-electron chi connectivity index (χ3n) is 3.35. The number of non-ortho nitro benzene ring substituents is 1. The van der Waals surface area contributed by atoms with Gasteiger partial charge in [0.2, 0.25) is 6.10 Å². The maximum atomic E-state index is 12.2. The number of esters is 1. The number of hydrogen-bond donors (Lipinski definition) is 0. The van der Waals surface area contributed by atoms with Crippen molar-refractivity contribution in [2.45, 2.75) is 12.7 Å². The number of hydrogen-bond acceptors (Lipinski definition) is 8. The summed E-state index contributed by atoms with van der Waals surface area (Å²) >= 11 is 0. The minimum absolute atomic E-state index is 0.00543. The summed E-state index contributed by atoms with van der Waals surface area (Å²) in [4.78, 5) is 43.3. The quantitative estimate of drug-likeness (QED) is 0.303. The molecule has 26 heavy (non-hydrogen) atoms. The van der Waals surface area contributed by atoms with Gasteiger partial charge in [-0.3, -0.25) is 25.0 Å². The van der Waals surface area contributed by atoms with Gasteiger partial charge in [0.1, 0.15) is 6.61 Å². The third-order valence-corrected chi connectivity index (χ3v) is 3.35. The van der Waals surface area contributed by atoms with E-state index in [1.807, 2.05) is 0 Å². The predicted octanol–water partition coefficient (Wildman–Crippen LogP) is 2.46. The average molecular weight is 360 g/mol. The largest absolute Gasteiger partial charge is 0.458 e. The molecule has 0 aliphatic heterocycles. The maximum absolute atomic E-state index is 12.2. The highest BCUT2D eigenvalue weighted by molar-refractivity contribution is 5.79. The first-order valence-electron chi connectivity index (χ1n) is 7.16. The van der Waals surface area contributed by atoms with Gasteiger partial charge in [0, 0.05) is 18.2 Å². The minimum Gasteiger partial charge on any atom is -0.458 e.